The Morgan fingerprint density at radius 2 is 2.22 bits per heavy atom. The van der Waals surface area contributed by atoms with Crippen molar-refractivity contribution in [1.82, 2.24) is 9.97 Å². The summed E-state index contributed by atoms with van der Waals surface area (Å²) in [4.78, 5) is 21.2. The maximum atomic E-state index is 10.7. The van der Waals surface area contributed by atoms with E-state index in [0.29, 0.717) is 5.92 Å². The van der Waals surface area contributed by atoms with Crippen molar-refractivity contribution in [3.8, 4) is 0 Å². The van der Waals surface area contributed by atoms with Crippen molar-refractivity contribution in [2.45, 2.75) is 19.3 Å². The number of carboxylic acid groups (broad SMARTS) is 1. The maximum absolute atomic E-state index is 10.7. The van der Waals surface area contributed by atoms with Crippen molar-refractivity contribution in [1.29, 1.82) is 0 Å². The minimum Gasteiger partial charge on any atom is -0.481 e. The minimum atomic E-state index is -0.701. The van der Waals surface area contributed by atoms with E-state index in [1.165, 1.54) is 0 Å². The van der Waals surface area contributed by atoms with E-state index in [0.717, 1.165) is 37.6 Å². The van der Waals surface area contributed by atoms with E-state index < -0.39 is 5.97 Å². The van der Waals surface area contributed by atoms with Crippen LogP contribution in [0.2, 0.25) is 0 Å². The molecular weight excluding hydrogens is 232 g/mol. The first-order valence-electron chi connectivity index (χ1n) is 6.15. The average Bonchev–Trinajstić information content (AvgIpc) is 2.39. The number of nitrogens with zero attached hydrogens (tertiary/aromatic N) is 3. The van der Waals surface area contributed by atoms with Crippen LogP contribution in [-0.2, 0) is 4.79 Å². The van der Waals surface area contributed by atoms with E-state index in [2.05, 4.69) is 20.2 Å². The molecule has 6 heteroatoms. The van der Waals surface area contributed by atoms with Gasteiger partial charge in [0.15, 0.2) is 0 Å². The van der Waals surface area contributed by atoms with Gasteiger partial charge in [-0.15, -0.1) is 0 Å². The molecule has 0 radical (unpaired) electrons. The van der Waals surface area contributed by atoms with Crippen molar-refractivity contribution in [2.24, 2.45) is 5.92 Å². The third-order valence-corrected chi connectivity index (χ3v) is 3.31. The molecular formula is C12H18N4O2. The molecule has 1 saturated heterocycles. The Morgan fingerprint density at radius 1 is 1.50 bits per heavy atom. The fourth-order valence-electron chi connectivity index (χ4n) is 2.27. The van der Waals surface area contributed by atoms with Gasteiger partial charge in [-0.2, -0.15) is 0 Å². The fraction of sp³-hybridized carbons (Fsp3) is 0.583. The molecule has 0 unspecified atom stereocenters. The molecule has 2 heterocycles. The topological polar surface area (TPSA) is 78.4 Å². The first-order valence-corrected chi connectivity index (χ1v) is 6.15. The standard InChI is InChI=1S/C12H18N4O2/c1-13-10-7-11(15-8-14-10)16-4-2-9(3-5-16)6-12(17)18/h7-9H,2-6H2,1H3,(H,17,18)(H,13,14,15). The Hall–Kier alpha value is -1.85. The number of hydrogen-bond donors (Lipinski definition) is 2. The number of aromatic nitrogens is 2. The number of piperidine rings is 1. The second-order valence-electron chi connectivity index (χ2n) is 4.54. The molecule has 0 aliphatic carbocycles. The number of aliphatic carboxylic acids is 1. The van der Waals surface area contributed by atoms with Crippen LogP contribution in [0.25, 0.3) is 0 Å². The fourth-order valence-corrected chi connectivity index (χ4v) is 2.27. The molecule has 1 fully saturated rings. The van der Waals surface area contributed by atoms with Crippen molar-refractivity contribution in [3.05, 3.63) is 12.4 Å². The Bertz CT molecular complexity index is 416. The van der Waals surface area contributed by atoms with E-state index in [4.69, 9.17) is 5.11 Å². The van der Waals surface area contributed by atoms with Crippen LogP contribution in [0, 0.1) is 5.92 Å². The summed E-state index contributed by atoms with van der Waals surface area (Å²) in [6, 6.07) is 1.91. The number of anilines is 2. The Kier molecular flexibility index (Phi) is 3.96. The van der Waals surface area contributed by atoms with Crippen LogP contribution in [0.15, 0.2) is 12.4 Å². The summed E-state index contributed by atoms with van der Waals surface area (Å²) in [5.41, 5.74) is 0. The van der Waals surface area contributed by atoms with E-state index in [9.17, 15) is 4.79 Å². The van der Waals surface area contributed by atoms with Crippen LogP contribution in [0.1, 0.15) is 19.3 Å². The predicted octanol–water partition coefficient (Wildman–Crippen LogP) is 1.21. The highest BCUT2D eigenvalue weighted by Crippen LogP contribution is 2.24. The molecule has 0 bridgehead atoms. The van der Waals surface area contributed by atoms with Gasteiger partial charge < -0.3 is 15.3 Å². The molecule has 0 spiro atoms. The summed E-state index contributed by atoms with van der Waals surface area (Å²) in [6.45, 7) is 1.72. The third kappa shape index (κ3) is 3.09. The summed E-state index contributed by atoms with van der Waals surface area (Å²) >= 11 is 0. The zero-order valence-corrected chi connectivity index (χ0v) is 10.5. The van der Waals surface area contributed by atoms with Crippen LogP contribution in [-0.4, -0.2) is 41.2 Å². The second kappa shape index (κ2) is 5.66. The smallest absolute Gasteiger partial charge is 0.303 e. The molecule has 2 rings (SSSR count). The summed E-state index contributed by atoms with van der Waals surface area (Å²) in [6.07, 6.45) is 3.64. The highest BCUT2D eigenvalue weighted by Gasteiger charge is 2.22. The molecule has 1 aromatic rings. The van der Waals surface area contributed by atoms with E-state index in [1.54, 1.807) is 6.33 Å². The maximum Gasteiger partial charge on any atom is 0.303 e. The Balaban J connectivity index is 1.94. The summed E-state index contributed by atoms with van der Waals surface area (Å²) in [5, 5.41) is 11.8. The second-order valence-corrected chi connectivity index (χ2v) is 4.54. The number of rotatable bonds is 4. The van der Waals surface area contributed by atoms with Crippen LogP contribution >= 0.6 is 0 Å². The largest absolute Gasteiger partial charge is 0.481 e. The highest BCUT2D eigenvalue weighted by atomic mass is 16.4. The number of carboxylic acids is 1. The molecule has 18 heavy (non-hydrogen) atoms. The summed E-state index contributed by atoms with van der Waals surface area (Å²) < 4.78 is 0. The molecule has 0 aromatic carbocycles. The van der Waals surface area contributed by atoms with Gasteiger partial charge in [-0.1, -0.05) is 0 Å². The molecule has 0 saturated carbocycles. The van der Waals surface area contributed by atoms with E-state index >= 15 is 0 Å². The zero-order valence-electron chi connectivity index (χ0n) is 10.5. The van der Waals surface area contributed by atoms with Gasteiger partial charge in [0.05, 0.1) is 0 Å². The number of nitrogens with one attached hydrogen (secondary N) is 1. The van der Waals surface area contributed by atoms with Gasteiger partial charge in [-0.25, -0.2) is 9.97 Å². The van der Waals surface area contributed by atoms with Crippen LogP contribution in [0.5, 0.6) is 0 Å². The van der Waals surface area contributed by atoms with Gasteiger partial charge >= 0.3 is 5.97 Å². The van der Waals surface area contributed by atoms with Crippen molar-refractivity contribution < 1.29 is 9.90 Å². The molecule has 98 valence electrons. The van der Waals surface area contributed by atoms with Gasteiger partial charge in [0, 0.05) is 32.6 Å². The van der Waals surface area contributed by atoms with Gasteiger partial charge in [0.2, 0.25) is 0 Å². The zero-order chi connectivity index (χ0) is 13.0. The van der Waals surface area contributed by atoms with Crippen LogP contribution in [0.3, 0.4) is 0 Å². The van der Waals surface area contributed by atoms with Gasteiger partial charge in [0.1, 0.15) is 18.0 Å². The molecule has 0 amide bonds. The molecule has 0 atom stereocenters. The lowest BCUT2D eigenvalue weighted by Crippen LogP contribution is -2.34. The van der Waals surface area contributed by atoms with Gasteiger partial charge in [-0.05, 0) is 18.8 Å². The van der Waals surface area contributed by atoms with Gasteiger partial charge in [-0.3, -0.25) is 4.79 Å². The van der Waals surface area contributed by atoms with Crippen LogP contribution < -0.4 is 10.2 Å². The molecule has 1 aromatic heterocycles. The van der Waals surface area contributed by atoms with Crippen molar-refractivity contribution in [3.63, 3.8) is 0 Å². The lowest BCUT2D eigenvalue weighted by atomic mass is 9.94. The van der Waals surface area contributed by atoms with Gasteiger partial charge in [0.25, 0.3) is 0 Å². The molecule has 1 aliphatic rings. The predicted molar refractivity (Wildman–Crippen MR) is 68.8 cm³/mol. The summed E-state index contributed by atoms with van der Waals surface area (Å²) in [7, 11) is 1.82. The third-order valence-electron chi connectivity index (χ3n) is 3.31. The molecule has 6 nitrogen and oxygen atoms in total. The SMILES string of the molecule is CNc1cc(N2CCC(CC(=O)O)CC2)ncn1. The quantitative estimate of drug-likeness (QED) is 0.836. The first-order chi connectivity index (χ1) is 8.69. The average molecular weight is 250 g/mol. The lowest BCUT2D eigenvalue weighted by molar-refractivity contribution is -0.138. The Morgan fingerprint density at radius 3 is 2.83 bits per heavy atom. The highest BCUT2D eigenvalue weighted by molar-refractivity contribution is 5.67. The van der Waals surface area contributed by atoms with E-state index in [-0.39, 0.29) is 6.42 Å². The molecule has 2 N–H and O–H groups in total. The Labute approximate surface area is 106 Å². The number of carbonyl (C=O) groups is 1. The van der Waals surface area contributed by atoms with Crippen LogP contribution in [0.4, 0.5) is 11.6 Å². The van der Waals surface area contributed by atoms with Crippen molar-refractivity contribution >= 4 is 17.6 Å². The number of hydrogen-bond acceptors (Lipinski definition) is 5. The monoisotopic (exact) mass is 250 g/mol. The molecule has 1 aliphatic heterocycles. The van der Waals surface area contributed by atoms with Crippen molar-refractivity contribution in [2.75, 3.05) is 30.4 Å². The minimum absolute atomic E-state index is 0.277. The first kappa shape index (κ1) is 12.6. The lowest BCUT2D eigenvalue weighted by Gasteiger charge is -2.32. The summed E-state index contributed by atoms with van der Waals surface area (Å²) in [5.74, 6) is 1.30. The normalized spacial score (nSPS) is 16.6. The van der Waals surface area contributed by atoms with E-state index in [1.807, 2.05) is 13.1 Å².